The monoisotopic (exact) mass is 430 g/mol. The normalized spacial score (nSPS) is 10.3. The summed E-state index contributed by atoms with van der Waals surface area (Å²) < 4.78 is 7.18. The molecule has 2 aromatic rings. The molecule has 0 aliphatic carbocycles. The van der Waals surface area contributed by atoms with Crippen molar-refractivity contribution in [2.75, 3.05) is 7.11 Å². The Morgan fingerprint density at radius 1 is 1.21 bits per heavy atom. The van der Waals surface area contributed by atoms with E-state index in [-0.39, 0.29) is 5.78 Å². The van der Waals surface area contributed by atoms with Crippen molar-refractivity contribution in [2.45, 2.75) is 6.92 Å². The number of aryl methyl sites for hydroxylation is 1. The van der Waals surface area contributed by atoms with Crippen LogP contribution in [0.25, 0.3) is 0 Å². The lowest BCUT2D eigenvalue weighted by Crippen LogP contribution is -2.05. The predicted molar refractivity (Wildman–Crippen MR) is 88.0 cm³/mol. The number of halogens is 2. The molecule has 0 unspecified atom stereocenters. The van der Waals surface area contributed by atoms with E-state index in [1.54, 1.807) is 7.11 Å². The molecule has 2 aromatic carbocycles. The van der Waals surface area contributed by atoms with E-state index in [4.69, 9.17) is 4.74 Å². The fraction of sp³-hybridized carbons (Fsp3) is 0.133. The minimum Gasteiger partial charge on any atom is -0.496 e. The van der Waals surface area contributed by atoms with Gasteiger partial charge in [0.1, 0.15) is 5.75 Å². The standard InChI is InChI=1S/C15H12BrIO2/c1-9-5-10(7-11(16)6-9)15(18)13-8-12(17)3-4-14(13)19-2/h3-8H,1-2H3. The van der Waals surface area contributed by atoms with Crippen LogP contribution in [0.4, 0.5) is 0 Å². The molecule has 0 saturated heterocycles. The number of hydrogen-bond acceptors (Lipinski definition) is 2. The Morgan fingerprint density at radius 3 is 2.58 bits per heavy atom. The van der Waals surface area contributed by atoms with E-state index in [2.05, 4.69) is 38.5 Å². The van der Waals surface area contributed by atoms with Crippen molar-refractivity contribution in [1.29, 1.82) is 0 Å². The number of ketones is 1. The van der Waals surface area contributed by atoms with Crippen LogP contribution in [0.2, 0.25) is 0 Å². The predicted octanol–water partition coefficient (Wildman–Crippen LogP) is 4.60. The molecule has 0 amide bonds. The van der Waals surface area contributed by atoms with E-state index in [9.17, 15) is 4.79 Å². The topological polar surface area (TPSA) is 26.3 Å². The van der Waals surface area contributed by atoms with E-state index < -0.39 is 0 Å². The van der Waals surface area contributed by atoms with Crippen molar-refractivity contribution in [3.63, 3.8) is 0 Å². The van der Waals surface area contributed by atoms with Crippen molar-refractivity contribution < 1.29 is 9.53 Å². The highest BCUT2D eigenvalue weighted by Gasteiger charge is 2.15. The number of hydrogen-bond donors (Lipinski definition) is 0. The molecule has 0 spiro atoms. The fourth-order valence-electron chi connectivity index (χ4n) is 1.88. The molecule has 0 fully saturated rings. The third-order valence-electron chi connectivity index (χ3n) is 2.71. The van der Waals surface area contributed by atoms with Gasteiger partial charge in [0.25, 0.3) is 0 Å². The van der Waals surface area contributed by atoms with Gasteiger partial charge in [-0.25, -0.2) is 0 Å². The summed E-state index contributed by atoms with van der Waals surface area (Å²) in [6, 6.07) is 11.3. The quantitative estimate of drug-likeness (QED) is 0.525. The zero-order valence-corrected chi connectivity index (χ0v) is 14.3. The highest BCUT2D eigenvalue weighted by atomic mass is 127. The van der Waals surface area contributed by atoms with Crippen LogP contribution in [0.3, 0.4) is 0 Å². The number of carbonyl (C=O) groups excluding carboxylic acids is 1. The zero-order chi connectivity index (χ0) is 14.0. The minimum absolute atomic E-state index is 0.0280. The Labute approximate surface area is 134 Å². The molecule has 2 nitrogen and oxygen atoms in total. The van der Waals surface area contributed by atoms with Gasteiger partial charge in [-0.15, -0.1) is 0 Å². The number of ether oxygens (including phenoxy) is 1. The van der Waals surface area contributed by atoms with E-state index in [0.29, 0.717) is 16.9 Å². The van der Waals surface area contributed by atoms with Gasteiger partial charge < -0.3 is 4.74 Å². The first-order chi connectivity index (χ1) is 9.01. The summed E-state index contributed by atoms with van der Waals surface area (Å²) in [4.78, 5) is 12.6. The van der Waals surface area contributed by atoms with E-state index >= 15 is 0 Å². The van der Waals surface area contributed by atoms with Gasteiger partial charge in [-0.05, 0) is 71.5 Å². The van der Waals surface area contributed by atoms with E-state index in [1.165, 1.54) is 0 Å². The highest BCUT2D eigenvalue weighted by Crippen LogP contribution is 2.25. The summed E-state index contributed by atoms with van der Waals surface area (Å²) in [5, 5.41) is 0. The van der Waals surface area contributed by atoms with Crippen molar-refractivity contribution >= 4 is 44.3 Å². The van der Waals surface area contributed by atoms with Gasteiger partial charge in [-0.2, -0.15) is 0 Å². The summed E-state index contributed by atoms with van der Waals surface area (Å²) in [6.45, 7) is 1.97. The first kappa shape index (κ1) is 14.5. The lowest BCUT2D eigenvalue weighted by atomic mass is 10.0. The Balaban J connectivity index is 2.52. The SMILES string of the molecule is COc1ccc(I)cc1C(=O)c1cc(C)cc(Br)c1. The molecule has 2 rings (SSSR count). The van der Waals surface area contributed by atoms with Crippen LogP contribution in [-0.2, 0) is 0 Å². The molecule has 0 N–H and O–H groups in total. The molecular formula is C15H12BrIO2. The zero-order valence-electron chi connectivity index (χ0n) is 10.5. The molecule has 0 bridgehead atoms. The highest BCUT2D eigenvalue weighted by molar-refractivity contribution is 14.1. The molecular weight excluding hydrogens is 419 g/mol. The molecule has 0 radical (unpaired) electrons. The average Bonchev–Trinajstić information content (AvgIpc) is 2.36. The second-order valence-electron chi connectivity index (χ2n) is 4.19. The van der Waals surface area contributed by atoms with Crippen LogP contribution in [0, 0.1) is 10.5 Å². The summed E-state index contributed by atoms with van der Waals surface area (Å²) in [5.41, 5.74) is 2.29. The molecule has 0 aliphatic rings. The van der Waals surface area contributed by atoms with Crippen molar-refractivity contribution in [1.82, 2.24) is 0 Å². The maximum absolute atomic E-state index is 12.6. The molecule has 4 heteroatoms. The summed E-state index contributed by atoms with van der Waals surface area (Å²) in [7, 11) is 1.57. The van der Waals surface area contributed by atoms with E-state index in [0.717, 1.165) is 13.6 Å². The fourth-order valence-corrected chi connectivity index (χ4v) is 2.98. The number of benzene rings is 2. The summed E-state index contributed by atoms with van der Waals surface area (Å²) in [6.07, 6.45) is 0. The molecule has 0 atom stereocenters. The van der Waals surface area contributed by atoms with Crippen molar-refractivity contribution in [3.8, 4) is 5.75 Å². The second-order valence-corrected chi connectivity index (χ2v) is 6.35. The molecule has 0 saturated carbocycles. The van der Waals surface area contributed by atoms with Gasteiger partial charge in [0.15, 0.2) is 5.78 Å². The van der Waals surface area contributed by atoms with Crippen LogP contribution < -0.4 is 4.74 Å². The Hall–Kier alpha value is -0.880. The second kappa shape index (κ2) is 6.05. The molecule has 0 aliphatic heterocycles. The largest absolute Gasteiger partial charge is 0.496 e. The minimum atomic E-state index is -0.0280. The molecule has 0 aromatic heterocycles. The van der Waals surface area contributed by atoms with Crippen molar-refractivity contribution in [3.05, 3.63) is 61.1 Å². The Kier molecular flexibility index (Phi) is 4.62. The summed E-state index contributed by atoms with van der Waals surface area (Å²) in [5.74, 6) is 0.572. The van der Waals surface area contributed by atoms with Crippen LogP contribution in [0.5, 0.6) is 5.75 Å². The lowest BCUT2D eigenvalue weighted by molar-refractivity contribution is 0.103. The first-order valence-corrected chi connectivity index (χ1v) is 7.54. The maximum atomic E-state index is 12.6. The van der Waals surface area contributed by atoms with Gasteiger partial charge in [0.2, 0.25) is 0 Å². The van der Waals surface area contributed by atoms with Gasteiger partial charge in [0.05, 0.1) is 12.7 Å². The third kappa shape index (κ3) is 3.36. The van der Waals surface area contributed by atoms with Gasteiger partial charge >= 0.3 is 0 Å². The van der Waals surface area contributed by atoms with Gasteiger partial charge in [0, 0.05) is 13.6 Å². The maximum Gasteiger partial charge on any atom is 0.196 e. The first-order valence-electron chi connectivity index (χ1n) is 5.66. The molecule has 98 valence electrons. The van der Waals surface area contributed by atoms with Crippen LogP contribution in [0.1, 0.15) is 21.5 Å². The van der Waals surface area contributed by atoms with Crippen LogP contribution in [-0.4, -0.2) is 12.9 Å². The van der Waals surface area contributed by atoms with Gasteiger partial charge in [-0.1, -0.05) is 15.9 Å². The van der Waals surface area contributed by atoms with Crippen LogP contribution in [0.15, 0.2) is 40.9 Å². The van der Waals surface area contributed by atoms with Crippen LogP contribution >= 0.6 is 38.5 Å². The Morgan fingerprint density at radius 2 is 1.95 bits per heavy atom. The third-order valence-corrected chi connectivity index (χ3v) is 3.84. The van der Waals surface area contributed by atoms with Crippen molar-refractivity contribution in [2.24, 2.45) is 0 Å². The summed E-state index contributed by atoms with van der Waals surface area (Å²) >= 11 is 5.61. The average molecular weight is 431 g/mol. The molecule has 19 heavy (non-hydrogen) atoms. The number of methoxy groups -OCH3 is 1. The Bertz CT molecular complexity index is 618. The number of rotatable bonds is 3. The number of carbonyl (C=O) groups is 1. The van der Waals surface area contributed by atoms with E-state index in [1.807, 2.05) is 43.3 Å². The van der Waals surface area contributed by atoms with Gasteiger partial charge in [-0.3, -0.25) is 4.79 Å². The lowest BCUT2D eigenvalue weighted by Gasteiger charge is -2.09. The molecule has 0 heterocycles. The smallest absolute Gasteiger partial charge is 0.196 e.